The van der Waals surface area contributed by atoms with Gasteiger partial charge in [-0.25, -0.2) is 0 Å². The second kappa shape index (κ2) is 8.70. The Hall–Kier alpha value is -2.67. The molecule has 4 rings (SSSR count). The van der Waals surface area contributed by atoms with Crippen LogP contribution >= 0.6 is 38.9 Å². The second-order valence-electron chi connectivity index (χ2n) is 7.48. The van der Waals surface area contributed by atoms with Crippen LogP contribution in [0.1, 0.15) is 41.9 Å². The molecule has 1 aliphatic carbocycles. The molecule has 0 radical (unpaired) electrons. The summed E-state index contributed by atoms with van der Waals surface area (Å²) in [5, 5.41) is 21.5. The van der Waals surface area contributed by atoms with Crippen molar-refractivity contribution in [3.63, 3.8) is 0 Å². The number of carbonyl (C=O) groups excluding carboxylic acids is 1. The normalized spacial score (nSPS) is 18.6. The zero-order chi connectivity index (χ0) is 23.2. The van der Waals surface area contributed by atoms with Crippen molar-refractivity contribution in [3.8, 4) is 6.07 Å². The van der Waals surface area contributed by atoms with Crippen LogP contribution in [0.2, 0.25) is 5.02 Å². The van der Waals surface area contributed by atoms with Crippen molar-refractivity contribution in [3.05, 3.63) is 76.3 Å². The fraction of sp³-hybridized carbons (Fsp3) is 0.273. The number of anilines is 1. The van der Waals surface area contributed by atoms with Crippen LogP contribution in [-0.2, 0) is 11.2 Å². The number of carbonyl (C=O) groups is 1. The lowest BCUT2D eigenvalue weighted by atomic mass is 9.78. The van der Waals surface area contributed by atoms with Crippen LogP contribution in [0.5, 0.6) is 0 Å². The first-order valence-corrected chi connectivity index (χ1v) is 11.9. The smallest absolute Gasteiger partial charge is 0.289 e. The third-order valence-electron chi connectivity index (χ3n) is 5.68. The number of ketones is 1. The Morgan fingerprint density at radius 1 is 1.41 bits per heavy atom. The number of halogens is 2. The van der Waals surface area contributed by atoms with Crippen LogP contribution in [-0.4, -0.2) is 10.7 Å². The zero-order valence-electron chi connectivity index (χ0n) is 17.0. The van der Waals surface area contributed by atoms with Gasteiger partial charge in [-0.15, -0.1) is 11.3 Å². The number of allylic oxidation sites excluding steroid dienone is 3. The number of aryl methyl sites for hydroxylation is 1. The standard InChI is InChI=1S/C22H18BrClN4O3S/c1-2-18-13(23)9-19(32-18)20-12(10-25)22(26)27(15-4-3-5-17(29)21(15)20)11-6-7-14(24)16(8-11)28(30)31/h6-9,20H,2-5,26H2,1H3. The van der Waals surface area contributed by atoms with E-state index >= 15 is 0 Å². The van der Waals surface area contributed by atoms with Crippen LogP contribution in [0.3, 0.4) is 0 Å². The van der Waals surface area contributed by atoms with Gasteiger partial charge in [0.05, 0.1) is 28.2 Å². The number of nitrogens with two attached hydrogens (primary N) is 1. The predicted octanol–water partition coefficient (Wildman–Crippen LogP) is 5.94. The molecule has 0 spiro atoms. The summed E-state index contributed by atoms with van der Waals surface area (Å²) >= 11 is 11.1. The molecule has 2 aliphatic rings. The van der Waals surface area contributed by atoms with Crippen LogP contribution in [0.15, 0.2) is 51.4 Å². The first kappa shape index (κ1) is 22.5. The molecule has 2 heterocycles. The van der Waals surface area contributed by atoms with Crippen molar-refractivity contribution in [2.24, 2.45) is 5.73 Å². The summed E-state index contributed by atoms with van der Waals surface area (Å²) in [6.07, 6.45) is 2.41. The summed E-state index contributed by atoms with van der Waals surface area (Å²) in [7, 11) is 0. The van der Waals surface area contributed by atoms with E-state index in [1.165, 1.54) is 12.1 Å². The Labute approximate surface area is 202 Å². The molecule has 7 nitrogen and oxygen atoms in total. The number of nitro benzene ring substituents is 1. The van der Waals surface area contributed by atoms with E-state index in [0.717, 1.165) is 20.6 Å². The topological polar surface area (TPSA) is 113 Å². The summed E-state index contributed by atoms with van der Waals surface area (Å²) in [5.74, 6) is -0.416. The molecule has 2 N–H and O–H groups in total. The minimum absolute atomic E-state index is 0.00106. The first-order valence-electron chi connectivity index (χ1n) is 9.96. The SMILES string of the molecule is CCc1sc(C2C(C#N)=C(N)N(c3ccc(Cl)c([N+](=O)[O-])c3)C3=C2C(=O)CCC3)cc1Br. The highest BCUT2D eigenvalue weighted by Crippen LogP contribution is 2.49. The monoisotopic (exact) mass is 532 g/mol. The number of hydrogen-bond acceptors (Lipinski definition) is 7. The van der Waals surface area contributed by atoms with Gasteiger partial charge in [0.15, 0.2) is 5.78 Å². The number of nitro groups is 1. The molecular formula is C22H18BrClN4O3S. The van der Waals surface area contributed by atoms with Crippen LogP contribution < -0.4 is 10.6 Å². The fourth-order valence-electron chi connectivity index (χ4n) is 4.26. The number of thiophene rings is 1. The number of Topliss-reactive ketones (excluding diaryl/α,β-unsaturated/α-hetero) is 1. The second-order valence-corrected chi connectivity index (χ2v) is 9.91. The maximum absolute atomic E-state index is 13.2. The van der Waals surface area contributed by atoms with Gasteiger partial charge in [0.2, 0.25) is 0 Å². The minimum Gasteiger partial charge on any atom is -0.384 e. The third kappa shape index (κ3) is 3.62. The number of rotatable bonds is 4. The summed E-state index contributed by atoms with van der Waals surface area (Å²) in [4.78, 5) is 27.6. The molecule has 1 aromatic heterocycles. The van der Waals surface area contributed by atoms with E-state index in [1.54, 1.807) is 22.3 Å². The van der Waals surface area contributed by atoms with Gasteiger partial charge < -0.3 is 5.73 Å². The Kier molecular flexibility index (Phi) is 6.12. The van der Waals surface area contributed by atoms with E-state index in [0.29, 0.717) is 36.2 Å². The fourth-order valence-corrected chi connectivity index (χ4v) is 6.48. The molecule has 0 bridgehead atoms. The van der Waals surface area contributed by atoms with Gasteiger partial charge in [0.25, 0.3) is 5.69 Å². The van der Waals surface area contributed by atoms with Gasteiger partial charge in [-0.1, -0.05) is 18.5 Å². The van der Waals surface area contributed by atoms with E-state index in [9.17, 15) is 20.2 Å². The van der Waals surface area contributed by atoms with Crippen molar-refractivity contribution in [2.75, 3.05) is 4.90 Å². The summed E-state index contributed by atoms with van der Waals surface area (Å²) in [5.41, 5.74) is 8.12. The Morgan fingerprint density at radius 2 is 2.16 bits per heavy atom. The lowest BCUT2D eigenvalue weighted by Crippen LogP contribution is -2.38. The lowest BCUT2D eigenvalue weighted by molar-refractivity contribution is -0.384. The van der Waals surface area contributed by atoms with Crippen molar-refractivity contribution >= 4 is 56.0 Å². The first-order chi connectivity index (χ1) is 15.3. The van der Waals surface area contributed by atoms with Gasteiger partial charge in [-0.05, 0) is 53.4 Å². The molecule has 0 saturated carbocycles. The summed E-state index contributed by atoms with van der Waals surface area (Å²) < 4.78 is 0.942. The zero-order valence-corrected chi connectivity index (χ0v) is 20.2. The van der Waals surface area contributed by atoms with Gasteiger partial charge in [-0.3, -0.25) is 19.8 Å². The van der Waals surface area contributed by atoms with Crippen molar-refractivity contribution in [1.82, 2.24) is 0 Å². The molecule has 1 atom stereocenters. The quantitative estimate of drug-likeness (QED) is 0.384. The lowest BCUT2D eigenvalue weighted by Gasteiger charge is -2.39. The van der Waals surface area contributed by atoms with E-state index in [-0.39, 0.29) is 27.9 Å². The van der Waals surface area contributed by atoms with E-state index in [4.69, 9.17) is 17.3 Å². The van der Waals surface area contributed by atoms with E-state index in [2.05, 4.69) is 22.0 Å². The maximum Gasteiger partial charge on any atom is 0.289 e. The molecule has 0 saturated heterocycles. The molecule has 1 aliphatic heterocycles. The molecule has 32 heavy (non-hydrogen) atoms. The molecule has 10 heteroatoms. The average molecular weight is 534 g/mol. The number of benzene rings is 1. The molecule has 1 aromatic carbocycles. The number of nitrogens with zero attached hydrogens (tertiary/aromatic N) is 3. The maximum atomic E-state index is 13.2. The molecule has 0 fully saturated rings. The number of hydrogen-bond donors (Lipinski definition) is 1. The predicted molar refractivity (Wildman–Crippen MR) is 127 cm³/mol. The molecule has 164 valence electrons. The minimum atomic E-state index is -0.569. The van der Waals surface area contributed by atoms with E-state index in [1.807, 2.05) is 13.0 Å². The average Bonchev–Trinajstić information content (AvgIpc) is 3.14. The Balaban J connectivity index is 1.96. The summed E-state index contributed by atoms with van der Waals surface area (Å²) in [6.45, 7) is 2.04. The van der Waals surface area contributed by atoms with Gasteiger partial charge in [0.1, 0.15) is 10.8 Å². The van der Waals surface area contributed by atoms with Crippen LogP contribution in [0, 0.1) is 21.4 Å². The Morgan fingerprint density at radius 3 is 2.78 bits per heavy atom. The Bertz CT molecular complexity index is 1260. The van der Waals surface area contributed by atoms with Gasteiger partial charge >= 0.3 is 0 Å². The van der Waals surface area contributed by atoms with Crippen molar-refractivity contribution < 1.29 is 9.72 Å². The molecule has 1 unspecified atom stereocenters. The molecule has 2 aromatic rings. The number of nitriles is 1. The summed E-state index contributed by atoms with van der Waals surface area (Å²) in [6, 6.07) is 8.52. The van der Waals surface area contributed by atoms with E-state index < -0.39 is 10.8 Å². The van der Waals surface area contributed by atoms with Crippen molar-refractivity contribution in [1.29, 1.82) is 5.26 Å². The highest BCUT2D eigenvalue weighted by atomic mass is 79.9. The van der Waals surface area contributed by atoms with Crippen molar-refractivity contribution in [2.45, 2.75) is 38.5 Å². The largest absolute Gasteiger partial charge is 0.384 e. The highest BCUT2D eigenvalue weighted by molar-refractivity contribution is 9.10. The van der Waals surface area contributed by atoms with Crippen LogP contribution in [0.25, 0.3) is 0 Å². The van der Waals surface area contributed by atoms with Gasteiger partial charge in [0, 0.05) is 38.0 Å². The highest BCUT2D eigenvalue weighted by Gasteiger charge is 2.41. The molecule has 0 amide bonds. The van der Waals surface area contributed by atoms with Gasteiger partial charge in [-0.2, -0.15) is 5.26 Å². The molecular weight excluding hydrogens is 516 g/mol. The third-order valence-corrected chi connectivity index (χ3v) is 8.31. The van der Waals surface area contributed by atoms with Crippen LogP contribution in [0.4, 0.5) is 11.4 Å².